The average molecular weight is 580 g/mol. The van der Waals surface area contributed by atoms with Crippen molar-refractivity contribution in [3.05, 3.63) is 187 Å². The van der Waals surface area contributed by atoms with Gasteiger partial charge in [-0.1, -0.05) is 115 Å². The summed E-state index contributed by atoms with van der Waals surface area (Å²) in [5.41, 5.74) is 3.49. The Hall–Kier alpha value is -4.65. The maximum absolute atomic E-state index is 6.34. The van der Waals surface area contributed by atoms with Gasteiger partial charge in [-0.05, 0) is 65.2 Å². The number of ether oxygens (including phenoxy) is 2. The second kappa shape index (κ2) is 14.0. The highest BCUT2D eigenvalue weighted by Crippen LogP contribution is 2.55. The van der Waals surface area contributed by atoms with Gasteiger partial charge < -0.3 is 9.47 Å². The molecule has 3 heteroatoms. The first-order valence-corrected chi connectivity index (χ1v) is 16.8. The molecule has 43 heavy (non-hydrogen) atoms. The van der Waals surface area contributed by atoms with Gasteiger partial charge in [0.15, 0.2) is 0 Å². The van der Waals surface area contributed by atoms with E-state index in [0.717, 1.165) is 35.2 Å². The molecule has 0 aliphatic carbocycles. The minimum Gasteiger partial charge on any atom is -0.489 e. The molecular formula is C40H36O2P+. The molecule has 212 valence electrons. The molecule has 0 bridgehead atoms. The molecule has 0 N–H and O–H groups in total. The van der Waals surface area contributed by atoms with Crippen molar-refractivity contribution in [1.29, 1.82) is 0 Å². The van der Waals surface area contributed by atoms with Crippen LogP contribution in [-0.2, 0) is 19.6 Å². The summed E-state index contributed by atoms with van der Waals surface area (Å²) in [6, 6.07) is 60.2. The highest BCUT2D eigenvalue weighted by Gasteiger charge is 2.44. The second-order valence-electron chi connectivity index (χ2n) is 10.7. The fourth-order valence-corrected chi connectivity index (χ4v) is 9.91. The SMILES string of the molecule is c1ccc(COc2cc(CC[P+](c3ccccc3)(c3ccccc3)c3ccccc3)cc(OCc3ccccc3)c2)cc1. The van der Waals surface area contributed by atoms with Gasteiger partial charge in [0.2, 0.25) is 0 Å². The van der Waals surface area contributed by atoms with Crippen molar-refractivity contribution in [3.8, 4) is 11.5 Å². The van der Waals surface area contributed by atoms with Gasteiger partial charge in [0.25, 0.3) is 0 Å². The molecule has 2 nitrogen and oxygen atoms in total. The quantitative estimate of drug-likeness (QED) is 0.136. The van der Waals surface area contributed by atoms with E-state index in [0.29, 0.717) is 13.2 Å². The molecule has 6 rings (SSSR count). The van der Waals surface area contributed by atoms with E-state index in [-0.39, 0.29) is 0 Å². The maximum Gasteiger partial charge on any atom is 0.123 e. The van der Waals surface area contributed by atoms with Crippen LogP contribution in [0.3, 0.4) is 0 Å². The molecule has 6 aromatic rings. The molecule has 6 aromatic carbocycles. The van der Waals surface area contributed by atoms with Crippen molar-refractivity contribution in [2.45, 2.75) is 19.6 Å². The summed E-state index contributed by atoms with van der Waals surface area (Å²) in [6.45, 7) is 1.02. The molecule has 0 radical (unpaired) electrons. The lowest BCUT2D eigenvalue weighted by Gasteiger charge is -2.28. The van der Waals surface area contributed by atoms with E-state index in [1.54, 1.807) is 0 Å². The van der Waals surface area contributed by atoms with Crippen molar-refractivity contribution in [2.75, 3.05) is 6.16 Å². The van der Waals surface area contributed by atoms with E-state index in [4.69, 9.17) is 9.47 Å². The van der Waals surface area contributed by atoms with Crippen LogP contribution in [-0.4, -0.2) is 6.16 Å². The van der Waals surface area contributed by atoms with Crippen LogP contribution in [0.15, 0.2) is 170 Å². The lowest BCUT2D eigenvalue weighted by Crippen LogP contribution is -2.34. The smallest absolute Gasteiger partial charge is 0.123 e. The first kappa shape index (κ1) is 28.5. The fraction of sp³-hybridized carbons (Fsp3) is 0.100. The maximum atomic E-state index is 6.34. The molecule has 0 aliphatic heterocycles. The van der Waals surface area contributed by atoms with Crippen molar-refractivity contribution in [3.63, 3.8) is 0 Å². The number of hydrogen-bond donors (Lipinski definition) is 0. The standard InChI is InChI=1S/C40H36O2P/c1-6-16-33(17-7-1)31-41-36-28-35(29-37(30-36)42-32-34-18-8-2-9-19-34)26-27-43(38-20-10-3-11-21-38,39-22-12-4-13-23-39)40-24-14-5-15-25-40/h1-25,28-30H,26-27,31-32H2/q+1. The van der Waals surface area contributed by atoms with Crippen LogP contribution in [0.4, 0.5) is 0 Å². The van der Waals surface area contributed by atoms with Crippen LogP contribution in [0.25, 0.3) is 0 Å². The predicted octanol–water partition coefficient (Wildman–Crippen LogP) is 8.38. The molecule has 0 amide bonds. The lowest BCUT2D eigenvalue weighted by molar-refractivity contribution is 0.289. The van der Waals surface area contributed by atoms with Gasteiger partial charge in [-0.25, -0.2) is 0 Å². The summed E-state index contributed by atoms with van der Waals surface area (Å²) in [5, 5.41) is 4.18. The molecule has 0 saturated carbocycles. The lowest BCUT2D eigenvalue weighted by atomic mass is 10.1. The summed E-state index contributed by atoms with van der Waals surface area (Å²) in [4.78, 5) is 0. The van der Waals surface area contributed by atoms with Gasteiger partial charge in [-0.2, -0.15) is 0 Å². The molecule has 0 unspecified atom stereocenters. The molecule has 0 atom stereocenters. The zero-order chi connectivity index (χ0) is 29.2. The van der Waals surface area contributed by atoms with Crippen LogP contribution in [0, 0.1) is 0 Å². The number of hydrogen-bond acceptors (Lipinski definition) is 2. The van der Waals surface area contributed by atoms with E-state index in [1.165, 1.54) is 21.5 Å². The Bertz CT molecular complexity index is 1530. The number of benzene rings is 6. The Kier molecular flexibility index (Phi) is 9.28. The summed E-state index contributed by atoms with van der Waals surface area (Å²) < 4.78 is 12.7. The Balaban J connectivity index is 1.35. The van der Waals surface area contributed by atoms with Crippen LogP contribution in [0.2, 0.25) is 0 Å². The van der Waals surface area contributed by atoms with Gasteiger partial charge in [-0.15, -0.1) is 0 Å². The van der Waals surface area contributed by atoms with Gasteiger partial charge in [0, 0.05) is 12.5 Å². The number of aryl methyl sites for hydroxylation is 1. The first-order valence-electron chi connectivity index (χ1n) is 14.8. The normalized spacial score (nSPS) is 11.2. The van der Waals surface area contributed by atoms with E-state index in [2.05, 4.69) is 127 Å². The summed E-state index contributed by atoms with van der Waals surface area (Å²) in [5.74, 6) is 1.65. The molecule has 0 heterocycles. The summed E-state index contributed by atoms with van der Waals surface area (Å²) >= 11 is 0. The average Bonchev–Trinajstić information content (AvgIpc) is 3.09. The van der Waals surface area contributed by atoms with Crippen LogP contribution in [0.1, 0.15) is 16.7 Å². The third-order valence-corrected chi connectivity index (χ3v) is 12.2. The van der Waals surface area contributed by atoms with Gasteiger partial charge >= 0.3 is 0 Å². The molecular weight excluding hydrogens is 543 g/mol. The van der Waals surface area contributed by atoms with E-state index < -0.39 is 7.26 Å². The third-order valence-electron chi connectivity index (χ3n) is 7.76. The Morgan fingerprint density at radius 2 is 0.721 bits per heavy atom. The van der Waals surface area contributed by atoms with Gasteiger partial charge in [0.05, 0.1) is 6.16 Å². The molecule has 0 aromatic heterocycles. The molecule has 0 spiro atoms. The van der Waals surface area contributed by atoms with Crippen molar-refractivity contribution in [2.24, 2.45) is 0 Å². The van der Waals surface area contributed by atoms with Crippen molar-refractivity contribution >= 4 is 23.2 Å². The largest absolute Gasteiger partial charge is 0.489 e. The number of rotatable bonds is 12. The van der Waals surface area contributed by atoms with E-state index >= 15 is 0 Å². The molecule has 0 saturated heterocycles. The zero-order valence-corrected chi connectivity index (χ0v) is 25.2. The zero-order valence-electron chi connectivity index (χ0n) is 24.3. The Morgan fingerprint density at radius 1 is 0.372 bits per heavy atom. The van der Waals surface area contributed by atoms with Crippen LogP contribution >= 0.6 is 7.26 Å². The van der Waals surface area contributed by atoms with Gasteiger partial charge in [-0.3, -0.25) is 0 Å². The fourth-order valence-electron chi connectivity index (χ4n) is 5.60. The Morgan fingerprint density at radius 3 is 1.09 bits per heavy atom. The predicted molar refractivity (Wildman–Crippen MR) is 182 cm³/mol. The second-order valence-corrected chi connectivity index (χ2v) is 14.3. The van der Waals surface area contributed by atoms with Crippen molar-refractivity contribution < 1.29 is 9.47 Å². The summed E-state index contributed by atoms with van der Waals surface area (Å²) in [6.07, 6.45) is 1.88. The summed E-state index contributed by atoms with van der Waals surface area (Å²) in [7, 11) is -1.96. The van der Waals surface area contributed by atoms with Crippen LogP contribution in [0.5, 0.6) is 11.5 Å². The third kappa shape index (κ3) is 7.05. The van der Waals surface area contributed by atoms with Gasteiger partial charge in [0.1, 0.15) is 47.9 Å². The van der Waals surface area contributed by atoms with Crippen LogP contribution < -0.4 is 25.4 Å². The molecule has 0 aliphatic rings. The van der Waals surface area contributed by atoms with E-state index in [1.807, 2.05) is 42.5 Å². The minimum atomic E-state index is -1.96. The topological polar surface area (TPSA) is 18.5 Å². The highest BCUT2D eigenvalue weighted by molar-refractivity contribution is 7.95. The van der Waals surface area contributed by atoms with E-state index in [9.17, 15) is 0 Å². The Labute approximate surface area is 255 Å². The monoisotopic (exact) mass is 579 g/mol. The molecule has 0 fully saturated rings. The minimum absolute atomic E-state index is 0.511. The first-order chi connectivity index (χ1) is 21.3. The highest BCUT2D eigenvalue weighted by atomic mass is 31.2. The van der Waals surface area contributed by atoms with Crippen molar-refractivity contribution in [1.82, 2.24) is 0 Å².